The number of aryl methyl sites for hydroxylation is 1. The Morgan fingerprint density at radius 2 is 2.21 bits per heavy atom. The van der Waals surface area contributed by atoms with Gasteiger partial charge in [-0.05, 0) is 24.1 Å². The van der Waals surface area contributed by atoms with Gasteiger partial charge in [0.2, 0.25) is 5.95 Å². The fourth-order valence-corrected chi connectivity index (χ4v) is 1.37. The van der Waals surface area contributed by atoms with Gasteiger partial charge < -0.3 is 5.73 Å². The lowest BCUT2D eigenvalue weighted by Crippen LogP contribution is -1.96. The molecule has 0 bridgehead atoms. The highest BCUT2D eigenvalue weighted by Crippen LogP contribution is 2.18. The summed E-state index contributed by atoms with van der Waals surface area (Å²) < 4.78 is 13.4. The summed E-state index contributed by atoms with van der Waals surface area (Å²) in [5.41, 5.74) is 6.90. The highest BCUT2D eigenvalue weighted by atomic mass is 19.1. The maximum Gasteiger partial charge on any atom is 0.220 e. The molecule has 0 spiro atoms. The van der Waals surface area contributed by atoms with Crippen molar-refractivity contribution in [3.63, 3.8) is 0 Å². The lowest BCUT2D eigenvalue weighted by Gasteiger charge is -2.02. The van der Waals surface area contributed by atoms with Crippen LogP contribution in [0.1, 0.15) is 12.5 Å². The third-order valence-corrected chi connectivity index (χ3v) is 2.14. The van der Waals surface area contributed by atoms with Gasteiger partial charge in [-0.15, -0.1) is 0 Å². The van der Waals surface area contributed by atoms with Crippen molar-refractivity contribution in [1.29, 1.82) is 0 Å². The lowest BCUT2D eigenvalue weighted by molar-refractivity contribution is 0.637. The summed E-state index contributed by atoms with van der Waals surface area (Å²) in [6.45, 7) is 1.96. The van der Waals surface area contributed by atoms with Crippen LogP contribution in [0.15, 0.2) is 18.3 Å². The molecule has 0 radical (unpaired) electrons. The monoisotopic (exact) mass is 191 g/mol. The van der Waals surface area contributed by atoms with E-state index < -0.39 is 0 Å². The maximum atomic E-state index is 13.4. The molecule has 1 aromatic carbocycles. The van der Waals surface area contributed by atoms with Crippen molar-refractivity contribution in [2.45, 2.75) is 13.3 Å². The first kappa shape index (κ1) is 8.87. The van der Waals surface area contributed by atoms with Crippen LogP contribution in [0.4, 0.5) is 10.3 Å². The molecule has 0 saturated heterocycles. The van der Waals surface area contributed by atoms with Gasteiger partial charge in [-0.1, -0.05) is 6.92 Å². The van der Waals surface area contributed by atoms with E-state index in [1.807, 2.05) is 13.0 Å². The quantitative estimate of drug-likeness (QED) is 0.749. The van der Waals surface area contributed by atoms with Gasteiger partial charge in [0, 0.05) is 6.20 Å². The number of nitrogen functional groups attached to an aromatic ring is 1. The molecule has 0 aliphatic heterocycles. The summed E-state index contributed by atoms with van der Waals surface area (Å²) in [6.07, 6.45) is 2.18. The Labute approximate surface area is 80.8 Å². The molecule has 0 saturated carbocycles. The third kappa shape index (κ3) is 1.39. The molecule has 0 unspecified atom stereocenters. The van der Waals surface area contributed by atoms with E-state index in [0.717, 1.165) is 12.0 Å². The first-order chi connectivity index (χ1) is 6.70. The Kier molecular flexibility index (Phi) is 2.04. The number of halogens is 1. The molecule has 14 heavy (non-hydrogen) atoms. The van der Waals surface area contributed by atoms with Crippen LogP contribution >= 0.6 is 0 Å². The van der Waals surface area contributed by atoms with E-state index in [-0.39, 0.29) is 11.8 Å². The summed E-state index contributed by atoms with van der Waals surface area (Å²) >= 11 is 0. The summed E-state index contributed by atoms with van der Waals surface area (Å²) in [6, 6.07) is 3.33. The van der Waals surface area contributed by atoms with Crippen LogP contribution in [0.25, 0.3) is 10.9 Å². The van der Waals surface area contributed by atoms with E-state index >= 15 is 0 Å². The van der Waals surface area contributed by atoms with Crippen LogP contribution in [0.3, 0.4) is 0 Å². The predicted octanol–water partition coefficient (Wildman–Crippen LogP) is 1.91. The van der Waals surface area contributed by atoms with Gasteiger partial charge >= 0.3 is 0 Å². The Morgan fingerprint density at radius 1 is 1.43 bits per heavy atom. The van der Waals surface area contributed by atoms with E-state index in [4.69, 9.17) is 5.73 Å². The van der Waals surface area contributed by atoms with Crippen molar-refractivity contribution < 1.29 is 4.39 Å². The number of nitrogens with two attached hydrogens (primary N) is 1. The number of benzene rings is 1. The number of nitrogens with zero attached hydrogens (tertiary/aromatic N) is 2. The number of aromatic nitrogens is 2. The van der Waals surface area contributed by atoms with Crippen molar-refractivity contribution in [1.82, 2.24) is 9.97 Å². The first-order valence-corrected chi connectivity index (χ1v) is 4.41. The van der Waals surface area contributed by atoms with Crippen molar-refractivity contribution in [3.8, 4) is 0 Å². The van der Waals surface area contributed by atoms with Crippen molar-refractivity contribution in [2.24, 2.45) is 0 Å². The SMILES string of the molecule is CCc1cc(F)c2cnc(N)nc2c1. The molecule has 1 aromatic heterocycles. The smallest absolute Gasteiger partial charge is 0.220 e. The molecule has 0 fully saturated rings. The van der Waals surface area contributed by atoms with Crippen LogP contribution in [0, 0.1) is 5.82 Å². The molecule has 0 aliphatic rings. The molecule has 4 heteroatoms. The van der Waals surface area contributed by atoms with Crippen molar-refractivity contribution in [3.05, 3.63) is 29.7 Å². The summed E-state index contributed by atoms with van der Waals surface area (Å²) in [4.78, 5) is 7.72. The molecule has 0 atom stereocenters. The fraction of sp³-hybridized carbons (Fsp3) is 0.200. The second kappa shape index (κ2) is 3.21. The zero-order chi connectivity index (χ0) is 10.1. The largest absolute Gasteiger partial charge is 0.368 e. The van der Waals surface area contributed by atoms with Gasteiger partial charge in [0.05, 0.1) is 10.9 Å². The highest BCUT2D eigenvalue weighted by molar-refractivity contribution is 5.79. The van der Waals surface area contributed by atoms with E-state index in [1.165, 1.54) is 12.3 Å². The lowest BCUT2D eigenvalue weighted by atomic mass is 10.1. The number of hydrogen-bond acceptors (Lipinski definition) is 3. The zero-order valence-electron chi connectivity index (χ0n) is 7.79. The summed E-state index contributed by atoms with van der Waals surface area (Å²) in [5.74, 6) is -0.121. The van der Waals surface area contributed by atoms with Gasteiger partial charge in [-0.25, -0.2) is 14.4 Å². The molecule has 1 heterocycles. The molecule has 0 aliphatic carbocycles. The standard InChI is InChI=1S/C10H10FN3/c1-2-6-3-8(11)7-5-13-10(12)14-9(7)4-6/h3-5H,2H2,1H3,(H2,12,13,14). The Balaban J connectivity index is 2.77. The molecule has 2 aromatic rings. The van der Waals surface area contributed by atoms with E-state index in [9.17, 15) is 4.39 Å². The highest BCUT2D eigenvalue weighted by Gasteiger charge is 2.04. The Morgan fingerprint density at radius 3 is 2.93 bits per heavy atom. The van der Waals surface area contributed by atoms with Gasteiger partial charge in [0.15, 0.2) is 0 Å². The van der Waals surface area contributed by atoms with Crippen LogP contribution < -0.4 is 5.73 Å². The molecule has 72 valence electrons. The molecule has 3 nitrogen and oxygen atoms in total. The average molecular weight is 191 g/mol. The van der Waals surface area contributed by atoms with Gasteiger partial charge in [0.1, 0.15) is 5.82 Å². The summed E-state index contributed by atoms with van der Waals surface area (Å²) in [5, 5.41) is 0.413. The average Bonchev–Trinajstić information content (AvgIpc) is 2.16. The topological polar surface area (TPSA) is 51.8 Å². The molecule has 2 rings (SSSR count). The maximum absolute atomic E-state index is 13.4. The Bertz CT molecular complexity index is 482. The minimum atomic E-state index is -0.292. The molecular formula is C10H10FN3. The zero-order valence-corrected chi connectivity index (χ0v) is 7.79. The molecule has 2 N–H and O–H groups in total. The van der Waals surface area contributed by atoms with Crippen LogP contribution in [0.2, 0.25) is 0 Å². The van der Waals surface area contributed by atoms with Crippen molar-refractivity contribution in [2.75, 3.05) is 5.73 Å². The normalized spacial score (nSPS) is 10.7. The van der Waals surface area contributed by atoms with Gasteiger partial charge in [-0.2, -0.15) is 0 Å². The van der Waals surface area contributed by atoms with Crippen LogP contribution in [0.5, 0.6) is 0 Å². The molecule has 0 amide bonds. The minimum absolute atomic E-state index is 0.171. The van der Waals surface area contributed by atoms with E-state index in [2.05, 4.69) is 9.97 Å². The summed E-state index contributed by atoms with van der Waals surface area (Å²) in [7, 11) is 0. The number of hydrogen-bond donors (Lipinski definition) is 1. The minimum Gasteiger partial charge on any atom is -0.368 e. The number of rotatable bonds is 1. The third-order valence-electron chi connectivity index (χ3n) is 2.14. The molecular weight excluding hydrogens is 181 g/mol. The van der Waals surface area contributed by atoms with E-state index in [1.54, 1.807) is 0 Å². The van der Waals surface area contributed by atoms with Gasteiger partial charge in [-0.3, -0.25) is 0 Å². The number of fused-ring (bicyclic) bond motifs is 1. The second-order valence-corrected chi connectivity index (χ2v) is 3.09. The fourth-order valence-electron chi connectivity index (χ4n) is 1.37. The predicted molar refractivity (Wildman–Crippen MR) is 53.3 cm³/mol. The van der Waals surface area contributed by atoms with Crippen molar-refractivity contribution >= 4 is 16.9 Å². The van der Waals surface area contributed by atoms with E-state index in [0.29, 0.717) is 10.9 Å². The van der Waals surface area contributed by atoms with Crippen LogP contribution in [-0.2, 0) is 6.42 Å². The van der Waals surface area contributed by atoms with Gasteiger partial charge in [0.25, 0.3) is 0 Å². The Hall–Kier alpha value is -1.71. The second-order valence-electron chi connectivity index (χ2n) is 3.09. The number of anilines is 1. The first-order valence-electron chi connectivity index (χ1n) is 4.41. The van der Waals surface area contributed by atoms with Crippen LogP contribution in [-0.4, -0.2) is 9.97 Å².